The fourth-order valence-corrected chi connectivity index (χ4v) is 3.91. The molecule has 0 N–H and O–H groups in total. The van der Waals surface area contributed by atoms with Gasteiger partial charge in [-0.2, -0.15) is 0 Å². The van der Waals surface area contributed by atoms with Crippen molar-refractivity contribution < 1.29 is 17.9 Å². The fourth-order valence-electron chi connectivity index (χ4n) is 2.46. The average molecular weight is 332 g/mol. The monoisotopic (exact) mass is 332 g/mol. The zero-order valence-electron chi connectivity index (χ0n) is 13.0. The predicted molar refractivity (Wildman–Crippen MR) is 86.6 cm³/mol. The Bertz CT molecular complexity index is 977. The topological polar surface area (TPSA) is 70.4 Å². The molecule has 120 valence electrons. The van der Waals surface area contributed by atoms with Crippen LogP contribution in [0.2, 0.25) is 0 Å². The molecule has 0 radical (unpaired) electrons. The van der Waals surface area contributed by atoms with Crippen LogP contribution in [0.4, 0.5) is 0 Å². The van der Waals surface area contributed by atoms with Crippen molar-refractivity contribution in [1.29, 1.82) is 0 Å². The van der Waals surface area contributed by atoms with E-state index in [1.54, 1.807) is 24.3 Å². The van der Waals surface area contributed by atoms with Gasteiger partial charge in [-0.05, 0) is 30.7 Å². The average Bonchev–Trinajstić information content (AvgIpc) is 2.99. The van der Waals surface area contributed by atoms with E-state index in [1.165, 1.54) is 26.6 Å². The number of fused-ring (bicyclic) bond motifs is 1. The molecule has 0 fully saturated rings. The van der Waals surface area contributed by atoms with Crippen molar-refractivity contribution in [2.75, 3.05) is 14.2 Å². The third kappa shape index (κ3) is 2.43. The number of methoxy groups -OCH3 is 2. The largest absolute Gasteiger partial charge is 0.496 e. The molecule has 3 aromatic rings. The summed E-state index contributed by atoms with van der Waals surface area (Å²) in [6, 6.07) is 10.2. The normalized spacial score (nSPS) is 11.6. The SMILES string of the molecule is COc1cc(S(=O)(=O)n2cnc3ccccc32)c(OC)cc1C. The van der Waals surface area contributed by atoms with Crippen LogP contribution in [0, 0.1) is 6.92 Å². The molecule has 1 heterocycles. The molecule has 0 aliphatic carbocycles. The van der Waals surface area contributed by atoms with Crippen molar-refractivity contribution in [3.8, 4) is 11.5 Å². The van der Waals surface area contributed by atoms with E-state index < -0.39 is 10.0 Å². The number of nitrogens with zero attached hydrogens (tertiary/aromatic N) is 2. The highest BCUT2D eigenvalue weighted by atomic mass is 32.2. The molecule has 0 atom stereocenters. The molecular formula is C16H16N2O4S. The van der Waals surface area contributed by atoms with Gasteiger partial charge in [0.15, 0.2) is 0 Å². The number of aromatic nitrogens is 2. The lowest BCUT2D eigenvalue weighted by Crippen LogP contribution is -2.13. The number of ether oxygens (including phenoxy) is 2. The van der Waals surface area contributed by atoms with Crippen molar-refractivity contribution in [1.82, 2.24) is 8.96 Å². The molecule has 0 bridgehead atoms. The van der Waals surface area contributed by atoms with Crippen LogP contribution < -0.4 is 9.47 Å². The smallest absolute Gasteiger partial charge is 0.273 e. The van der Waals surface area contributed by atoms with Gasteiger partial charge < -0.3 is 9.47 Å². The van der Waals surface area contributed by atoms with E-state index in [2.05, 4.69) is 4.98 Å². The van der Waals surface area contributed by atoms with Crippen LogP contribution in [0.15, 0.2) is 47.6 Å². The Labute approximate surface area is 134 Å². The van der Waals surface area contributed by atoms with Gasteiger partial charge >= 0.3 is 0 Å². The molecule has 0 spiro atoms. The molecule has 0 aliphatic rings. The van der Waals surface area contributed by atoms with E-state index in [1.807, 2.05) is 13.0 Å². The van der Waals surface area contributed by atoms with E-state index in [-0.39, 0.29) is 10.6 Å². The lowest BCUT2D eigenvalue weighted by atomic mass is 10.2. The third-order valence-electron chi connectivity index (χ3n) is 3.64. The second-order valence-corrected chi connectivity index (χ2v) is 6.79. The van der Waals surface area contributed by atoms with Crippen molar-refractivity contribution >= 4 is 21.1 Å². The Balaban J connectivity index is 2.28. The van der Waals surface area contributed by atoms with Gasteiger partial charge in [0.05, 0.1) is 25.3 Å². The van der Waals surface area contributed by atoms with Gasteiger partial charge in [0.2, 0.25) is 0 Å². The molecule has 1 aromatic heterocycles. The van der Waals surface area contributed by atoms with Crippen LogP contribution in [0.25, 0.3) is 11.0 Å². The molecule has 2 aromatic carbocycles. The van der Waals surface area contributed by atoms with Gasteiger partial charge in [0.25, 0.3) is 10.0 Å². The predicted octanol–water partition coefficient (Wildman–Crippen LogP) is 2.60. The molecule has 0 saturated carbocycles. The number of imidazole rings is 1. The molecular weight excluding hydrogens is 316 g/mol. The minimum Gasteiger partial charge on any atom is -0.496 e. The van der Waals surface area contributed by atoms with Crippen LogP contribution >= 0.6 is 0 Å². The lowest BCUT2D eigenvalue weighted by molar-refractivity contribution is 0.390. The second-order valence-electron chi connectivity index (χ2n) is 5.01. The summed E-state index contributed by atoms with van der Waals surface area (Å²) in [5.41, 5.74) is 1.90. The van der Waals surface area contributed by atoms with Gasteiger partial charge in [-0.25, -0.2) is 17.4 Å². The zero-order valence-corrected chi connectivity index (χ0v) is 13.8. The molecule has 7 heteroatoms. The highest BCUT2D eigenvalue weighted by Gasteiger charge is 2.25. The first-order valence-electron chi connectivity index (χ1n) is 6.89. The van der Waals surface area contributed by atoms with E-state index in [0.29, 0.717) is 16.8 Å². The maximum absolute atomic E-state index is 13.1. The summed E-state index contributed by atoms with van der Waals surface area (Å²) in [6.07, 6.45) is 1.30. The standard InChI is InChI=1S/C16H16N2O4S/c1-11-8-15(22-3)16(9-14(11)21-2)23(19,20)18-10-17-12-6-4-5-7-13(12)18/h4-10H,1-3H3. The fraction of sp³-hybridized carbons (Fsp3) is 0.188. The summed E-state index contributed by atoms with van der Waals surface area (Å²) in [4.78, 5) is 4.17. The summed E-state index contributed by atoms with van der Waals surface area (Å²) < 4.78 is 37.8. The molecule has 3 rings (SSSR count). The summed E-state index contributed by atoms with van der Waals surface area (Å²) in [7, 11) is -0.931. The maximum atomic E-state index is 13.1. The number of para-hydroxylation sites is 2. The Kier molecular flexibility index (Phi) is 3.73. The highest BCUT2D eigenvalue weighted by molar-refractivity contribution is 7.90. The number of hydrogen-bond donors (Lipinski definition) is 0. The van der Waals surface area contributed by atoms with Crippen molar-refractivity contribution in [3.63, 3.8) is 0 Å². The summed E-state index contributed by atoms with van der Waals surface area (Å²) in [6.45, 7) is 1.82. The van der Waals surface area contributed by atoms with Gasteiger partial charge in [0, 0.05) is 6.07 Å². The Morgan fingerprint density at radius 3 is 2.43 bits per heavy atom. The Morgan fingerprint density at radius 1 is 1.04 bits per heavy atom. The molecule has 6 nitrogen and oxygen atoms in total. The van der Waals surface area contributed by atoms with E-state index >= 15 is 0 Å². The highest BCUT2D eigenvalue weighted by Crippen LogP contribution is 2.33. The van der Waals surface area contributed by atoms with Crippen LogP contribution in [0.1, 0.15) is 5.56 Å². The van der Waals surface area contributed by atoms with Gasteiger partial charge in [0.1, 0.15) is 22.7 Å². The lowest BCUT2D eigenvalue weighted by Gasteiger charge is -2.14. The van der Waals surface area contributed by atoms with E-state index in [4.69, 9.17) is 9.47 Å². The second kappa shape index (κ2) is 5.58. The van der Waals surface area contributed by atoms with Gasteiger partial charge in [-0.15, -0.1) is 0 Å². The first-order chi connectivity index (χ1) is 11.0. The molecule has 0 saturated heterocycles. The zero-order chi connectivity index (χ0) is 16.6. The van der Waals surface area contributed by atoms with E-state index in [0.717, 1.165) is 9.54 Å². The summed E-state index contributed by atoms with van der Waals surface area (Å²) >= 11 is 0. The number of rotatable bonds is 4. The van der Waals surface area contributed by atoms with Crippen molar-refractivity contribution in [2.24, 2.45) is 0 Å². The Morgan fingerprint density at radius 2 is 1.74 bits per heavy atom. The van der Waals surface area contributed by atoms with Crippen molar-refractivity contribution in [2.45, 2.75) is 11.8 Å². The molecule has 23 heavy (non-hydrogen) atoms. The van der Waals surface area contributed by atoms with Crippen LogP contribution in [0.3, 0.4) is 0 Å². The third-order valence-corrected chi connectivity index (χ3v) is 5.32. The number of benzene rings is 2. The Hall–Kier alpha value is -2.54. The van der Waals surface area contributed by atoms with Crippen molar-refractivity contribution in [3.05, 3.63) is 48.3 Å². The quantitative estimate of drug-likeness (QED) is 0.734. The first kappa shape index (κ1) is 15.4. The van der Waals surface area contributed by atoms with Crippen LogP contribution in [-0.2, 0) is 10.0 Å². The first-order valence-corrected chi connectivity index (χ1v) is 8.33. The number of hydrogen-bond acceptors (Lipinski definition) is 5. The maximum Gasteiger partial charge on any atom is 0.273 e. The van der Waals surface area contributed by atoms with E-state index in [9.17, 15) is 8.42 Å². The molecule has 0 aliphatic heterocycles. The minimum atomic E-state index is -3.87. The van der Waals surface area contributed by atoms with Crippen LogP contribution in [0.5, 0.6) is 11.5 Å². The minimum absolute atomic E-state index is 0.0330. The summed E-state index contributed by atoms with van der Waals surface area (Å²) in [5, 5.41) is 0. The van der Waals surface area contributed by atoms with Crippen LogP contribution in [-0.4, -0.2) is 31.6 Å². The molecule has 0 amide bonds. The number of aryl methyl sites for hydroxylation is 1. The summed E-state index contributed by atoms with van der Waals surface area (Å²) in [5.74, 6) is 0.745. The van der Waals surface area contributed by atoms with Gasteiger partial charge in [-0.1, -0.05) is 12.1 Å². The van der Waals surface area contributed by atoms with Gasteiger partial charge in [-0.3, -0.25) is 0 Å². The molecule has 0 unspecified atom stereocenters.